The summed E-state index contributed by atoms with van der Waals surface area (Å²) in [4.78, 5) is 30.6. The van der Waals surface area contributed by atoms with Crippen LogP contribution in [0.4, 0.5) is 17.2 Å². The first-order chi connectivity index (χ1) is 19.3. The van der Waals surface area contributed by atoms with Crippen molar-refractivity contribution in [2.45, 2.75) is 31.3 Å². The van der Waals surface area contributed by atoms with E-state index in [0.717, 1.165) is 32.7 Å². The van der Waals surface area contributed by atoms with E-state index in [4.69, 9.17) is 15.2 Å². The van der Waals surface area contributed by atoms with Crippen LogP contribution in [0.5, 0.6) is 11.5 Å². The molecule has 0 aliphatic heterocycles. The number of carbonyl (C=O) groups is 2. The normalized spacial score (nSPS) is 11.5. The molecule has 0 bridgehead atoms. The Hall–Kier alpha value is -4.44. The molecule has 5 N–H and O–H groups in total. The molecule has 1 unspecified atom stereocenters. The number of benzene rings is 3. The van der Waals surface area contributed by atoms with E-state index in [0.29, 0.717) is 28.6 Å². The molecular weight excluding hydrogens is 526 g/mol. The van der Waals surface area contributed by atoms with E-state index >= 15 is 0 Å². The fourth-order valence-corrected chi connectivity index (χ4v) is 5.18. The number of nitrogens with two attached hydrogens (primary N) is 1. The van der Waals surface area contributed by atoms with Gasteiger partial charge in [-0.25, -0.2) is 4.98 Å². The van der Waals surface area contributed by atoms with Crippen LogP contribution >= 0.6 is 11.8 Å². The lowest BCUT2D eigenvalue weighted by Gasteiger charge is -2.23. The molecule has 1 aromatic heterocycles. The third kappa shape index (κ3) is 6.76. The predicted octanol–water partition coefficient (Wildman–Crippen LogP) is 5.37. The van der Waals surface area contributed by atoms with E-state index < -0.39 is 6.04 Å². The van der Waals surface area contributed by atoms with E-state index in [1.807, 2.05) is 42.5 Å². The van der Waals surface area contributed by atoms with Crippen molar-refractivity contribution in [1.29, 1.82) is 0 Å². The minimum atomic E-state index is -0.817. The number of ether oxygens (including phenoxy) is 2. The zero-order valence-electron chi connectivity index (χ0n) is 22.9. The number of hydrogen-bond donors (Lipinski definition) is 4. The Labute approximate surface area is 237 Å². The van der Waals surface area contributed by atoms with Gasteiger partial charge >= 0.3 is 0 Å². The molecule has 208 valence electrons. The number of hydrogen-bond acceptors (Lipinski definition) is 8. The number of pyridine rings is 1. The number of methoxy groups -OCH3 is 2. The summed E-state index contributed by atoms with van der Waals surface area (Å²) >= 11 is 1.67. The standard InChI is InChI=1S/C30H33N5O4S/c1-5-40-27-11-7-21(34-18(2)36)15-20(27)17-33-30(37)28(25-16-23(38-3)8-10-26(25)39-4)35-22-6-9-24-19(14-22)12-13-32-29(24)31/h6-16,28,35H,5,17H2,1-4H3,(H2,31,32)(H,33,37)(H,34,36). The maximum absolute atomic E-state index is 13.9. The van der Waals surface area contributed by atoms with Gasteiger partial charge in [-0.05, 0) is 77.4 Å². The zero-order chi connectivity index (χ0) is 28.6. The Morgan fingerprint density at radius 3 is 2.52 bits per heavy atom. The lowest BCUT2D eigenvalue weighted by atomic mass is 10.0. The summed E-state index contributed by atoms with van der Waals surface area (Å²) in [7, 11) is 3.14. The highest BCUT2D eigenvalue weighted by atomic mass is 32.2. The SMILES string of the molecule is CCSc1ccc(NC(C)=O)cc1CNC(=O)C(Nc1ccc2c(N)nccc2c1)c1cc(OC)ccc1OC. The van der Waals surface area contributed by atoms with E-state index in [9.17, 15) is 9.59 Å². The lowest BCUT2D eigenvalue weighted by Crippen LogP contribution is -2.33. The number of nitrogens with zero attached hydrogens (tertiary/aromatic N) is 1. The molecule has 0 fully saturated rings. The highest BCUT2D eigenvalue weighted by Gasteiger charge is 2.25. The molecule has 3 aromatic carbocycles. The van der Waals surface area contributed by atoms with Crippen LogP contribution in [0.1, 0.15) is 31.0 Å². The number of anilines is 3. The summed E-state index contributed by atoms with van der Waals surface area (Å²) in [6.07, 6.45) is 1.65. The van der Waals surface area contributed by atoms with Crippen molar-refractivity contribution < 1.29 is 19.1 Å². The molecule has 0 saturated heterocycles. The van der Waals surface area contributed by atoms with Crippen molar-refractivity contribution in [1.82, 2.24) is 10.3 Å². The van der Waals surface area contributed by atoms with Gasteiger partial charge in [0.2, 0.25) is 11.8 Å². The minimum absolute atomic E-state index is 0.159. The van der Waals surface area contributed by atoms with E-state index in [1.54, 1.807) is 50.4 Å². The number of thioether (sulfide) groups is 1. The van der Waals surface area contributed by atoms with Gasteiger partial charge in [-0.1, -0.05) is 6.92 Å². The highest BCUT2D eigenvalue weighted by Crippen LogP contribution is 2.33. The van der Waals surface area contributed by atoms with E-state index in [1.165, 1.54) is 6.92 Å². The van der Waals surface area contributed by atoms with Crippen LogP contribution in [0.25, 0.3) is 10.8 Å². The Bertz CT molecular complexity index is 1530. The van der Waals surface area contributed by atoms with Crippen molar-refractivity contribution in [3.8, 4) is 11.5 Å². The summed E-state index contributed by atoms with van der Waals surface area (Å²) in [5.74, 6) is 2.02. The predicted molar refractivity (Wildman–Crippen MR) is 161 cm³/mol. The topological polar surface area (TPSA) is 128 Å². The van der Waals surface area contributed by atoms with Gasteiger partial charge in [-0.2, -0.15) is 0 Å². The smallest absolute Gasteiger partial charge is 0.247 e. The van der Waals surface area contributed by atoms with Gasteiger partial charge in [-0.3, -0.25) is 9.59 Å². The van der Waals surface area contributed by atoms with Gasteiger partial charge in [0.25, 0.3) is 0 Å². The fraction of sp³-hybridized carbons (Fsp3) is 0.233. The van der Waals surface area contributed by atoms with Gasteiger partial charge in [0.15, 0.2) is 0 Å². The Morgan fingerprint density at radius 2 is 1.80 bits per heavy atom. The summed E-state index contributed by atoms with van der Waals surface area (Å²) < 4.78 is 11.1. The number of carbonyl (C=O) groups excluding carboxylic acids is 2. The Morgan fingerprint density at radius 1 is 1.00 bits per heavy atom. The molecule has 40 heavy (non-hydrogen) atoms. The van der Waals surface area contributed by atoms with Gasteiger partial charge < -0.3 is 31.2 Å². The fourth-order valence-electron chi connectivity index (χ4n) is 4.39. The molecule has 4 aromatic rings. The largest absolute Gasteiger partial charge is 0.497 e. The van der Waals surface area contributed by atoms with Crippen molar-refractivity contribution in [2.24, 2.45) is 0 Å². The number of rotatable bonds is 11. The van der Waals surface area contributed by atoms with Crippen LogP contribution in [-0.4, -0.2) is 36.8 Å². The minimum Gasteiger partial charge on any atom is -0.497 e. The van der Waals surface area contributed by atoms with Crippen molar-refractivity contribution in [2.75, 3.05) is 36.3 Å². The monoisotopic (exact) mass is 559 g/mol. The second kappa shape index (κ2) is 13.1. The molecule has 4 rings (SSSR count). The molecule has 10 heteroatoms. The highest BCUT2D eigenvalue weighted by molar-refractivity contribution is 7.99. The van der Waals surface area contributed by atoms with Crippen molar-refractivity contribution in [3.05, 3.63) is 78.0 Å². The van der Waals surface area contributed by atoms with Crippen LogP contribution in [0, 0.1) is 0 Å². The summed E-state index contributed by atoms with van der Waals surface area (Å²) in [5.41, 5.74) is 8.94. The molecule has 1 heterocycles. The van der Waals surface area contributed by atoms with Gasteiger partial charge in [0.1, 0.15) is 23.4 Å². The van der Waals surface area contributed by atoms with Crippen molar-refractivity contribution >= 4 is 51.5 Å². The average molecular weight is 560 g/mol. The first-order valence-electron chi connectivity index (χ1n) is 12.8. The van der Waals surface area contributed by atoms with Crippen LogP contribution in [0.15, 0.2) is 71.8 Å². The lowest BCUT2D eigenvalue weighted by molar-refractivity contribution is -0.122. The number of fused-ring (bicyclic) bond motifs is 1. The van der Waals surface area contributed by atoms with Crippen LogP contribution in [-0.2, 0) is 16.1 Å². The number of nitrogen functional groups attached to an aromatic ring is 1. The molecule has 0 radical (unpaired) electrons. The first-order valence-corrected chi connectivity index (χ1v) is 13.7. The van der Waals surface area contributed by atoms with Gasteiger partial charge in [0, 0.05) is 46.9 Å². The zero-order valence-corrected chi connectivity index (χ0v) is 23.7. The summed E-state index contributed by atoms with van der Waals surface area (Å²) in [5, 5.41) is 11.0. The van der Waals surface area contributed by atoms with Crippen LogP contribution in [0.2, 0.25) is 0 Å². The van der Waals surface area contributed by atoms with E-state index in [-0.39, 0.29) is 18.4 Å². The third-order valence-corrected chi connectivity index (χ3v) is 7.25. The van der Waals surface area contributed by atoms with Crippen LogP contribution < -0.4 is 31.2 Å². The second-order valence-electron chi connectivity index (χ2n) is 8.97. The molecule has 0 spiro atoms. The molecule has 0 aliphatic carbocycles. The maximum Gasteiger partial charge on any atom is 0.247 e. The Kier molecular flexibility index (Phi) is 9.34. The molecule has 0 aliphatic rings. The number of aromatic nitrogens is 1. The molecular formula is C30H33N5O4S. The average Bonchev–Trinajstić information content (AvgIpc) is 2.95. The molecule has 0 saturated carbocycles. The summed E-state index contributed by atoms with van der Waals surface area (Å²) in [6, 6.07) is 17.8. The Balaban J connectivity index is 1.68. The van der Waals surface area contributed by atoms with Crippen molar-refractivity contribution in [3.63, 3.8) is 0 Å². The number of nitrogens with one attached hydrogen (secondary N) is 3. The number of amides is 2. The van der Waals surface area contributed by atoms with E-state index in [2.05, 4.69) is 27.9 Å². The summed E-state index contributed by atoms with van der Waals surface area (Å²) in [6.45, 7) is 3.79. The molecule has 2 amide bonds. The third-order valence-electron chi connectivity index (χ3n) is 6.25. The van der Waals surface area contributed by atoms with Gasteiger partial charge in [0.05, 0.1) is 14.2 Å². The first kappa shape index (κ1) is 28.6. The molecule has 9 nitrogen and oxygen atoms in total. The van der Waals surface area contributed by atoms with Crippen LogP contribution in [0.3, 0.4) is 0 Å². The quantitative estimate of drug-likeness (QED) is 0.181. The van der Waals surface area contributed by atoms with Gasteiger partial charge in [-0.15, -0.1) is 11.8 Å². The maximum atomic E-state index is 13.9. The molecule has 1 atom stereocenters. The second-order valence-corrected chi connectivity index (χ2v) is 10.3.